The molecule has 4 N–H and O–H groups in total. The summed E-state index contributed by atoms with van der Waals surface area (Å²) < 4.78 is 56.1. The molecule has 0 radical (unpaired) electrons. The Balaban J connectivity index is 1.41. The summed E-state index contributed by atoms with van der Waals surface area (Å²) in [4.78, 5) is 58.3. The van der Waals surface area contributed by atoms with E-state index in [9.17, 15) is 32.0 Å². The van der Waals surface area contributed by atoms with Gasteiger partial charge in [-0.2, -0.15) is 4.98 Å². The van der Waals surface area contributed by atoms with Crippen molar-refractivity contribution < 1.29 is 46.2 Å². The van der Waals surface area contributed by atoms with E-state index in [0.29, 0.717) is 22.5 Å². The summed E-state index contributed by atoms with van der Waals surface area (Å²) in [5.74, 6) is -3.43. The summed E-state index contributed by atoms with van der Waals surface area (Å²) in [7, 11) is -2.40. The lowest BCUT2D eigenvalue weighted by Crippen LogP contribution is -2.53. The number of benzene rings is 3. The van der Waals surface area contributed by atoms with E-state index in [0.717, 1.165) is 16.7 Å². The number of halogens is 1. The van der Waals surface area contributed by atoms with Crippen LogP contribution in [0.15, 0.2) is 90.0 Å². The molecule has 4 atom stereocenters. The number of anilines is 3. The summed E-state index contributed by atoms with van der Waals surface area (Å²) >= 11 is 0. The quantitative estimate of drug-likeness (QED) is 0.0821. The molecular weight excluding hydrogens is 798 g/mol. The van der Waals surface area contributed by atoms with E-state index in [2.05, 4.69) is 20.7 Å². The number of nitrogens with zero attached hydrogens (tertiary/aromatic N) is 4. The number of amides is 3. The van der Waals surface area contributed by atoms with Gasteiger partial charge in [-0.1, -0.05) is 52.0 Å². The lowest BCUT2D eigenvalue weighted by Gasteiger charge is -2.26. The van der Waals surface area contributed by atoms with E-state index in [1.54, 1.807) is 89.3 Å². The van der Waals surface area contributed by atoms with Crippen LogP contribution in [0, 0.1) is 17.7 Å². The Bertz CT molecular complexity index is 2480. The zero-order valence-corrected chi connectivity index (χ0v) is 35.2. The van der Waals surface area contributed by atoms with Crippen LogP contribution in [0.3, 0.4) is 0 Å². The minimum absolute atomic E-state index is 0.00549. The minimum atomic E-state index is -3.68. The smallest absolute Gasteiger partial charge is 0.424 e. The van der Waals surface area contributed by atoms with Crippen LogP contribution in [0.4, 0.5) is 26.5 Å². The Labute approximate surface area is 347 Å². The molecule has 0 bridgehead atoms. The summed E-state index contributed by atoms with van der Waals surface area (Å²) in [5, 5.41) is 10.0. The third kappa shape index (κ3) is 10.6. The molecule has 3 aromatic carbocycles. The number of rotatable bonds is 15. The van der Waals surface area contributed by atoms with E-state index in [1.807, 2.05) is 0 Å². The minimum Gasteiger partial charge on any atom is -0.495 e. The van der Waals surface area contributed by atoms with Crippen molar-refractivity contribution in [2.45, 2.75) is 70.7 Å². The molecular formula is C42H48FN7O9S. The van der Waals surface area contributed by atoms with Gasteiger partial charge < -0.3 is 30.6 Å². The van der Waals surface area contributed by atoms with Gasteiger partial charge in [-0.05, 0) is 78.4 Å². The van der Waals surface area contributed by atoms with Crippen molar-refractivity contribution in [2.75, 3.05) is 23.6 Å². The SMILES string of the molecule is COc1cc(S(C)(=O)=O)ccc1N(C(=O)OC(C)OC(=O)[C@@H](NC(=O)[C@@H](N)C(C)C)C(C)C)c1nc2ccc(-c3ccc(NC(=O)[C@H](C)c4ccc(F)cc4)cc3)cn2n1. The first-order chi connectivity index (χ1) is 28.3. The highest BCUT2D eigenvalue weighted by Crippen LogP contribution is 2.36. The van der Waals surface area contributed by atoms with Gasteiger partial charge in [0, 0.05) is 36.7 Å². The maximum absolute atomic E-state index is 14.1. The lowest BCUT2D eigenvalue weighted by molar-refractivity contribution is -0.169. The van der Waals surface area contributed by atoms with Crippen LogP contribution < -0.4 is 26.0 Å². The Morgan fingerprint density at radius 2 is 1.48 bits per heavy atom. The molecule has 0 aliphatic carbocycles. The van der Waals surface area contributed by atoms with Crippen molar-refractivity contribution in [3.05, 3.63) is 96.4 Å². The normalized spacial score (nSPS) is 13.6. The fraction of sp³-hybridized carbons (Fsp3) is 0.333. The van der Waals surface area contributed by atoms with Crippen molar-refractivity contribution in [3.8, 4) is 16.9 Å². The molecule has 0 aliphatic heterocycles. The first kappa shape index (κ1) is 44.7. The number of pyridine rings is 1. The Morgan fingerprint density at radius 3 is 2.08 bits per heavy atom. The second kappa shape index (κ2) is 18.7. The first-order valence-electron chi connectivity index (χ1n) is 19.0. The van der Waals surface area contributed by atoms with E-state index in [1.165, 1.54) is 48.9 Å². The maximum atomic E-state index is 14.1. The molecule has 2 heterocycles. The van der Waals surface area contributed by atoms with Gasteiger partial charge in [-0.15, -0.1) is 5.10 Å². The highest BCUT2D eigenvalue weighted by molar-refractivity contribution is 7.90. The molecule has 0 saturated heterocycles. The number of carbonyl (C=O) groups is 4. The van der Waals surface area contributed by atoms with Crippen molar-refractivity contribution >= 4 is 56.7 Å². The monoisotopic (exact) mass is 845 g/mol. The number of carbonyl (C=O) groups excluding carboxylic acids is 4. The number of hydrogen-bond acceptors (Lipinski definition) is 12. The average molecular weight is 846 g/mol. The summed E-state index contributed by atoms with van der Waals surface area (Å²) in [5.41, 5.74) is 8.96. The Hall–Kier alpha value is -6.40. The molecule has 18 heteroatoms. The maximum Gasteiger partial charge on any atom is 0.424 e. The molecule has 0 fully saturated rings. The second-order valence-electron chi connectivity index (χ2n) is 14.8. The Morgan fingerprint density at radius 1 is 0.833 bits per heavy atom. The number of esters is 1. The van der Waals surface area contributed by atoms with Crippen molar-refractivity contribution in [3.63, 3.8) is 0 Å². The third-order valence-electron chi connectivity index (χ3n) is 9.56. The predicted molar refractivity (Wildman–Crippen MR) is 222 cm³/mol. The highest BCUT2D eigenvalue weighted by Gasteiger charge is 2.33. The number of nitrogens with two attached hydrogens (primary N) is 1. The summed E-state index contributed by atoms with van der Waals surface area (Å²) in [6, 6.07) is 18.1. The molecule has 0 spiro atoms. The number of ether oxygens (including phenoxy) is 3. The topological polar surface area (TPSA) is 214 Å². The molecule has 5 rings (SSSR count). The molecule has 0 saturated carbocycles. The second-order valence-corrected chi connectivity index (χ2v) is 16.8. The standard InChI is InChI=1S/C42H48FN7O9S/c1-23(2)36(44)39(52)47-37(24(3)4)40(53)58-26(6)59-42(54)50(33-19-18-32(60(8,55)56)21-34(33)57-7)41-46-35-20-13-29(22-49(35)48-41)28-11-16-31(17-12-28)45-38(51)25(5)27-9-14-30(43)15-10-27/h9-26,36-37H,44H2,1-8H3,(H,45,51)(H,47,52)/t25-,26?,36+,37+/m1/s1. The van der Waals surface area contributed by atoms with Gasteiger partial charge in [0.15, 0.2) is 15.5 Å². The van der Waals surface area contributed by atoms with E-state index in [4.69, 9.17) is 19.9 Å². The van der Waals surface area contributed by atoms with Gasteiger partial charge >= 0.3 is 12.1 Å². The van der Waals surface area contributed by atoms with Gasteiger partial charge in [-0.25, -0.2) is 31.8 Å². The van der Waals surface area contributed by atoms with Gasteiger partial charge in [0.1, 0.15) is 17.6 Å². The van der Waals surface area contributed by atoms with Crippen LogP contribution in [0.5, 0.6) is 5.75 Å². The van der Waals surface area contributed by atoms with Crippen molar-refractivity contribution in [1.82, 2.24) is 19.9 Å². The average Bonchev–Trinajstić information content (AvgIpc) is 3.62. The zero-order chi connectivity index (χ0) is 44.1. The van der Waals surface area contributed by atoms with Crippen LogP contribution in [-0.4, -0.2) is 78.6 Å². The molecule has 5 aromatic rings. The summed E-state index contributed by atoms with van der Waals surface area (Å²) in [6.45, 7) is 9.98. The van der Waals surface area contributed by atoms with Crippen LogP contribution in [0.1, 0.15) is 53.0 Å². The largest absolute Gasteiger partial charge is 0.495 e. The molecule has 16 nitrogen and oxygen atoms in total. The van der Waals surface area contributed by atoms with Crippen LogP contribution in [0.2, 0.25) is 0 Å². The number of methoxy groups -OCH3 is 1. The number of aromatic nitrogens is 3. The van der Waals surface area contributed by atoms with Crippen LogP contribution in [-0.2, 0) is 33.7 Å². The number of sulfone groups is 1. The van der Waals surface area contributed by atoms with Crippen LogP contribution in [0.25, 0.3) is 16.8 Å². The number of fused-ring (bicyclic) bond motifs is 1. The summed E-state index contributed by atoms with van der Waals surface area (Å²) in [6.07, 6.45) is 0.0803. The van der Waals surface area contributed by atoms with Gasteiger partial charge in [0.05, 0.1) is 29.7 Å². The number of hydrogen-bond donors (Lipinski definition) is 3. The molecule has 60 heavy (non-hydrogen) atoms. The van der Waals surface area contributed by atoms with E-state index >= 15 is 0 Å². The third-order valence-corrected chi connectivity index (χ3v) is 10.7. The molecule has 3 amide bonds. The first-order valence-corrected chi connectivity index (χ1v) is 20.8. The van der Waals surface area contributed by atoms with Gasteiger partial charge in [-0.3, -0.25) is 9.59 Å². The van der Waals surface area contributed by atoms with E-state index in [-0.39, 0.29) is 39.9 Å². The fourth-order valence-corrected chi connectivity index (χ4v) is 6.54. The fourth-order valence-electron chi connectivity index (χ4n) is 5.90. The molecule has 318 valence electrons. The van der Waals surface area contributed by atoms with E-state index < -0.39 is 58.0 Å². The van der Waals surface area contributed by atoms with Gasteiger partial charge in [0.2, 0.25) is 18.1 Å². The van der Waals surface area contributed by atoms with Gasteiger partial charge in [0.25, 0.3) is 5.95 Å². The van der Waals surface area contributed by atoms with Crippen LogP contribution >= 0.6 is 0 Å². The lowest BCUT2D eigenvalue weighted by atomic mass is 10.00. The molecule has 1 unspecified atom stereocenters. The van der Waals surface area contributed by atoms with Crippen molar-refractivity contribution in [1.29, 1.82) is 0 Å². The zero-order valence-electron chi connectivity index (χ0n) is 34.4. The number of nitrogens with one attached hydrogen (secondary N) is 2. The predicted octanol–water partition coefficient (Wildman–Crippen LogP) is 5.98. The highest BCUT2D eigenvalue weighted by atomic mass is 32.2. The molecule has 2 aromatic heterocycles. The van der Waals surface area contributed by atoms with Crippen molar-refractivity contribution in [2.24, 2.45) is 17.6 Å². The Kier molecular flexibility index (Phi) is 13.9. The molecule has 0 aliphatic rings.